The molecule has 0 aromatic carbocycles. The van der Waals surface area contributed by atoms with Crippen LogP contribution >= 0.6 is 11.8 Å². The Hall–Kier alpha value is -2.68. The largest absolute Gasteiger partial charge is 0.360 e. The van der Waals surface area contributed by atoms with Crippen LogP contribution in [0.15, 0.2) is 41.8 Å². The Bertz CT molecular complexity index is 820. The molecule has 22 heavy (non-hydrogen) atoms. The average molecular weight is 316 g/mol. The highest BCUT2D eigenvalue weighted by Crippen LogP contribution is 2.33. The number of anilines is 1. The molecule has 3 aromatic heterocycles. The zero-order valence-corrected chi connectivity index (χ0v) is 12.4. The number of hydrogen-bond donors (Lipinski definition) is 1. The van der Waals surface area contributed by atoms with Crippen molar-refractivity contribution < 1.29 is 4.92 Å². The van der Waals surface area contributed by atoms with E-state index in [0.717, 1.165) is 5.56 Å². The van der Waals surface area contributed by atoms with Crippen molar-refractivity contribution in [3.63, 3.8) is 0 Å². The van der Waals surface area contributed by atoms with Crippen molar-refractivity contribution in [1.82, 2.24) is 19.6 Å². The lowest BCUT2D eigenvalue weighted by molar-refractivity contribution is -0.387. The van der Waals surface area contributed by atoms with Crippen LogP contribution in [0, 0.1) is 10.1 Å². The quantitative estimate of drug-likeness (QED) is 0.334. The molecule has 0 aliphatic carbocycles. The zero-order valence-electron chi connectivity index (χ0n) is 11.6. The molecule has 9 heteroatoms. The van der Waals surface area contributed by atoms with Crippen molar-refractivity contribution in [3.05, 3.63) is 52.5 Å². The normalized spacial score (nSPS) is 10.8. The van der Waals surface area contributed by atoms with Crippen LogP contribution in [0.5, 0.6) is 0 Å². The third kappa shape index (κ3) is 2.58. The number of nitro groups is 1. The molecule has 0 unspecified atom stereocenters. The molecule has 8 nitrogen and oxygen atoms in total. The van der Waals surface area contributed by atoms with Gasteiger partial charge in [-0.05, 0) is 24.0 Å². The van der Waals surface area contributed by atoms with E-state index in [2.05, 4.69) is 20.4 Å². The highest BCUT2D eigenvalue weighted by molar-refractivity contribution is 7.98. The van der Waals surface area contributed by atoms with Gasteiger partial charge in [-0.25, -0.2) is 4.98 Å². The predicted octanol–water partition coefficient (Wildman–Crippen LogP) is 2.37. The number of nitrogens with zero attached hydrogens (tertiary/aromatic N) is 5. The summed E-state index contributed by atoms with van der Waals surface area (Å²) in [5.74, 6) is 0.321. The van der Waals surface area contributed by atoms with E-state index in [1.807, 2.05) is 12.1 Å². The van der Waals surface area contributed by atoms with Crippen molar-refractivity contribution in [2.45, 2.75) is 11.6 Å². The Balaban J connectivity index is 2.07. The fourth-order valence-corrected chi connectivity index (χ4v) is 2.61. The summed E-state index contributed by atoms with van der Waals surface area (Å²) in [6, 6.07) is 5.40. The summed E-state index contributed by atoms with van der Waals surface area (Å²) in [4.78, 5) is 19.2. The monoisotopic (exact) mass is 316 g/mol. The molecule has 112 valence electrons. The Morgan fingerprint density at radius 2 is 2.09 bits per heavy atom. The summed E-state index contributed by atoms with van der Waals surface area (Å²) < 4.78 is 1.44. The summed E-state index contributed by atoms with van der Waals surface area (Å²) in [7, 11) is 0. The first kappa shape index (κ1) is 14.3. The van der Waals surface area contributed by atoms with Gasteiger partial charge >= 0.3 is 5.69 Å². The van der Waals surface area contributed by atoms with E-state index in [4.69, 9.17) is 0 Å². The number of fused-ring (bicyclic) bond motifs is 1. The number of hydrogen-bond acceptors (Lipinski definition) is 7. The zero-order chi connectivity index (χ0) is 15.5. The van der Waals surface area contributed by atoms with Crippen LogP contribution in [-0.2, 0) is 6.54 Å². The van der Waals surface area contributed by atoms with Gasteiger partial charge in [-0.1, -0.05) is 0 Å². The SMILES string of the molecule is CSc1nc2ccnn2c(NCc2ccncc2)c1[N+](=O)[O-]. The smallest absolute Gasteiger partial charge is 0.343 e. The van der Waals surface area contributed by atoms with Gasteiger partial charge in [-0.2, -0.15) is 9.61 Å². The molecule has 3 heterocycles. The molecule has 0 radical (unpaired) electrons. The van der Waals surface area contributed by atoms with Crippen LogP contribution in [0.1, 0.15) is 5.56 Å². The Morgan fingerprint density at radius 1 is 1.32 bits per heavy atom. The molecule has 1 N–H and O–H groups in total. The molecule has 0 saturated heterocycles. The minimum Gasteiger partial charge on any atom is -0.360 e. The van der Waals surface area contributed by atoms with Crippen molar-refractivity contribution >= 4 is 28.9 Å². The molecule has 0 fully saturated rings. The molecule has 0 saturated carbocycles. The molecular weight excluding hydrogens is 304 g/mol. The molecule has 0 aliphatic heterocycles. The summed E-state index contributed by atoms with van der Waals surface area (Å²) in [5.41, 5.74) is 1.46. The fourth-order valence-electron chi connectivity index (χ4n) is 2.06. The maximum absolute atomic E-state index is 11.4. The molecule has 0 atom stereocenters. The van der Waals surface area contributed by atoms with E-state index in [-0.39, 0.29) is 5.69 Å². The van der Waals surface area contributed by atoms with E-state index < -0.39 is 4.92 Å². The van der Waals surface area contributed by atoms with Crippen molar-refractivity contribution in [2.75, 3.05) is 11.6 Å². The first-order valence-electron chi connectivity index (χ1n) is 6.39. The maximum Gasteiger partial charge on any atom is 0.343 e. The number of thioether (sulfide) groups is 1. The summed E-state index contributed by atoms with van der Waals surface area (Å²) >= 11 is 1.23. The van der Waals surface area contributed by atoms with Gasteiger partial charge in [0, 0.05) is 25.0 Å². The van der Waals surface area contributed by atoms with E-state index in [0.29, 0.717) is 23.0 Å². The van der Waals surface area contributed by atoms with Gasteiger partial charge in [0.1, 0.15) is 0 Å². The van der Waals surface area contributed by atoms with Crippen LogP contribution in [0.4, 0.5) is 11.5 Å². The number of pyridine rings is 1. The molecule has 0 amide bonds. The number of rotatable bonds is 5. The van der Waals surface area contributed by atoms with Crippen molar-refractivity contribution in [2.24, 2.45) is 0 Å². The lowest BCUT2D eigenvalue weighted by Gasteiger charge is -2.10. The first-order valence-corrected chi connectivity index (χ1v) is 7.62. The molecular formula is C13H12N6O2S. The van der Waals surface area contributed by atoms with Crippen LogP contribution < -0.4 is 5.32 Å². The second-order valence-electron chi connectivity index (χ2n) is 4.39. The molecule has 3 aromatic rings. The molecule has 0 aliphatic rings. The van der Waals surface area contributed by atoms with E-state index in [1.165, 1.54) is 16.3 Å². The van der Waals surface area contributed by atoms with Gasteiger partial charge in [-0.3, -0.25) is 15.1 Å². The topological polar surface area (TPSA) is 98.2 Å². The number of aromatic nitrogens is 4. The maximum atomic E-state index is 11.4. The minimum absolute atomic E-state index is 0.0715. The Kier molecular flexibility index (Phi) is 3.88. The van der Waals surface area contributed by atoms with Gasteiger partial charge in [0.05, 0.1) is 11.1 Å². The number of nitrogens with one attached hydrogen (secondary N) is 1. The van der Waals surface area contributed by atoms with Crippen LogP contribution in [0.2, 0.25) is 0 Å². The highest BCUT2D eigenvalue weighted by Gasteiger charge is 2.25. The van der Waals surface area contributed by atoms with E-state index >= 15 is 0 Å². The molecule has 0 bridgehead atoms. The second kappa shape index (κ2) is 5.98. The van der Waals surface area contributed by atoms with E-state index in [9.17, 15) is 10.1 Å². The van der Waals surface area contributed by atoms with Gasteiger partial charge < -0.3 is 5.32 Å². The van der Waals surface area contributed by atoms with Crippen LogP contribution in [-0.4, -0.2) is 30.8 Å². The minimum atomic E-state index is -0.436. The van der Waals surface area contributed by atoms with Crippen molar-refractivity contribution in [3.8, 4) is 0 Å². The third-order valence-electron chi connectivity index (χ3n) is 3.06. The summed E-state index contributed by atoms with van der Waals surface area (Å²) in [6.45, 7) is 0.427. The summed E-state index contributed by atoms with van der Waals surface area (Å²) in [6.07, 6.45) is 6.67. The van der Waals surface area contributed by atoms with Crippen molar-refractivity contribution in [1.29, 1.82) is 0 Å². The predicted molar refractivity (Wildman–Crippen MR) is 83.0 cm³/mol. The van der Waals surface area contributed by atoms with Crippen LogP contribution in [0.3, 0.4) is 0 Å². The highest BCUT2D eigenvalue weighted by atomic mass is 32.2. The standard InChI is InChI=1S/C13H12N6O2S/c1-22-13-11(19(20)21)12(18-10(17-13)4-7-16-18)15-8-9-2-5-14-6-3-9/h2-7,15H,8H2,1H3. The first-order chi connectivity index (χ1) is 10.7. The fraction of sp³-hybridized carbons (Fsp3) is 0.154. The second-order valence-corrected chi connectivity index (χ2v) is 5.18. The third-order valence-corrected chi connectivity index (χ3v) is 3.73. The lowest BCUT2D eigenvalue weighted by atomic mass is 10.3. The Morgan fingerprint density at radius 3 is 2.77 bits per heavy atom. The molecule has 3 rings (SSSR count). The van der Waals surface area contributed by atoms with Gasteiger partial charge in [0.25, 0.3) is 0 Å². The van der Waals surface area contributed by atoms with E-state index in [1.54, 1.807) is 30.9 Å². The van der Waals surface area contributed by atoms with Crippen LogP contribution in [0.25, 0.3) is 5.65 Å². The van der Waals surface area contributed by atoms with Gasteiger partial charge in [-0.15, -0.1) is 11.8 Å². The average Bonchev–Trinajstić information content (AvgIpc) is 3.00. The molecule has 0 spiro atoms. The van der Waals surface area contributed by atoms with Gasteiger partial charge in [0.2, 0.25) is 5.82 Å². The van der Waals surface area contributed by atoms with Gasteiger partial charge in [0.15, 0.2) is 10.7 Å². The lowest BCUT2D eigenvalue weighted by Crippen LogP contribution is -2.10. The Labute approximate surface area is 129 Å². The summed E-state index contributed by atoms with van der Waals surface area (Å²) in [5, 5.41) is 19.0.